The van der Waals surface area contributed by atoms with E-state index in [0.717, 1.165) is 31.6 Å². The average Bonchev–Trinajstić information content (AvgIpc) is 3.03. The minimum Gasteiger partial charge on any atom is -0.403 e. The van der Waals surface area contributed by atoms with Crippen molar-refractivity contribution in [3.8, 4) is 11.5 Å². The van der Waals surface area contributed by atoms with Gasteiger partial charge in [-0.05, 0) is 42.5 Å². The smallest absolute Gasteiger partial charge is 0.315 e. The molecule has 0 atom stereocenters. The summed E-state index contributed by atoms with van der Waals surface area (Å²) in [6.45, 7) is 10.1. The highest BCUT2D eigenvalue weighted by molar-refractivity contribution is 5.69. The molecule has 0 saturated carbocycles. The number of halogens is 1. The van der Waals surface area contributed by atoms with Crippen molar-refractivity contribution in [2.24, 2.45) is 5.92 Å². The molecule has 6 heteroatoms. The van der Waals surface area contributed by atoms with E-state index in [9.17, 15) is 4.39 Å². The van der Waals surface area contributed by atoms with Gasteiger partial charge in [-0.2, -0.15) is 0 Å². The Labute approximate surface area is 147 Å². The lowest BCUT2D eigenvalue weighted by atomic mass is 9.97. The average molecular weight is 344 g/mol. The first-order valence-corrected chi connectivity index (χ1v) is 8.86. The van der Waals surface area contributed by atoms with Crippen LogP contribution in [0.2, 0.25) is 0 Å². The van der Waals surface area contributed by atoms with E-state index in [1.54, 1.807) is 12.1 Å². The number of rotatable bonds is 6. The van der Waals surface area contributed by atoms with Crippen LogP contribution in [-0.2, 0) is 0 Å². The summed E-state index contributed by atoms with van der Waals surface area (Å²) in [5, 5.41) is 10.7. The molecule has 3 rings (SSSR count). The van der Waals surface area contributed by atoms with Crippen molar-refractivity contribution in [1.82, 2.24) is 15.1 Å². The molecule has 1 aliphatic heterocycles. The number of anilines is 1. The van der Waals surface area contributed by atoms with Crippen LogP contribution in [0.5, 0.6) is 0 Å². The maximum atomic E-state index is 14.5. The molecule has 1 aromatic heterocycles. The predicted octanol–water partition coefficient (Wildman–Crippen LogP) is 4.05. The lowest BCUT2D eigenvalue weighted by Gasteiger charge is -2.27. The van der Waals surface area contributed by atoms with Gasteiger partial charge in [0.05, 0.1) is 5.56 Å². The zero-order chi connectivity index (χ0) is 17.8. The molecule has 0 saturated heterocycles. The molecule has 0 amide bonds. The quantitative estimate of drug-likeness (QED) is 0.857. The zero-order valence-corrected chi connectivity index (χ0v) is 15.1. The number of benzene rings is 1. The summed E-state index contributed by atoms with van der Waals surface area (Å²) in [6, 6.07) is 5.52. The molecular weight excluding hydrogens is 319 g/mol. The summed E-state index contributed by atoms with van der Waals surface area (Å²) in [5.41, 5.74) is 2.46. The van der Waals surface area contributed by atoms with Gasteiger partial charge in [0.25, 0.3) is 5.89 Å². The molecule has 1 aliphatic rings. The van der Waals surface area contributed by atoms with Crippen LogP contribution in [-0.4, -0.2) is 41.3 Å². The largest absolute Gasteiger partial charge is 0.403 e. The molecule has 0 aliphatic carbocycles. The van der Waals surface area contributed by atoms with E-state index in [0.29, 0.717) is 24.0 Å². The molecule has 0 unspecified atom stereocenters. The van der Waals surface area contributed by atoms with Gasteiger partial charge in [0, 0.05) is 26.2 Å². The van der Waals surface area contributed by atoms with Gasteiger partial charge in [-0.1, -0.05) is 31.1 Å². The lowest BCUT2D eigenvalue weighted by Crippen LogP contribution is -2.31. The van der Waals surface area contributed by atoms with E-state index in [1.807, 2.05) is 13.0 Å². The Morgan fingerprint density at radius 1 is 1.32 bits per heavy atom. The van der Waals surface area contributed by atoms with Crippen LogP contribution in [0.1, 0.15) is 32.8 Å². The fourth-order valence-electron chi connectivity index (χ4n) is 3.10. The second-order valence-electron chi connectivity index (χ2n) is 6.77. The van der Waals surface area contributed by atoms with Crippen LogP contribution in [0.15, 0.2) is 28.7 Å². The fourth-order valence-corrected chi connectivity index (χ4v) is 3.10. The van der Waals surface area contributed by atoms with Crippen molar-refractivity contribution < 1.29 is 8.81 Å². The maximum Gasteiger partial charge on any atom is 0.315 e. The Bertz CT molecular complexity index is 754. The first kappa shape index (κ1) is 17.6. The van der Waals surface area contributed by atoms with Crippen LogP contribution in [0.4, 0.5) is 10.4 Å². The van der Waals surface area contributed by atoms with E-state index in [4.69, 9.17) is 4.42 Å². The Morgan fingerprint density at radius 3 is 2.80 bits per heavy atom. The van der Waals surface area contributed by atoms with Crippen molar-refractivity contribution in [1.29, 1.82) is 0 Å². The molecule has 0 spiro atoms. The summed E-state index contributed by atoms with van der Waals surface area (Å²) < 4.78 is 20.0. The third-order valence-electron chi connectivity index (χ3n) is 4.24. The standard InChI is InChI=1S/C19H25FN4O/c1-4-21-19-23-22-18(25-19)16-6-5-15(11-17(16)20)14-7-9-24(10-8-14)12-13(2)3/h5-7,11,13H,4,8-10,12H2,1-3H3,(H,21,23). The Hall–Kier alpha value is -2.21. The molecule has 2 aromatic rings. The first-order valence-electron chi connectivity index (χ1n) is 8.86. The van der Waals surface area contributed by atoms with Gasteiger partial charge in [-0.15, -0.1) is 5.10 Å². The van der Waals surface area contributed by atoms with Crippen LogP contribution in [0, 0.1) is 11.7 Å². The molecule has 25 heavy (non-hydrogen) atoms. The first-order chi connectivity index (χ1) is 12.1. The monoisotopic (exact) mass is 344 g/mol. The van der Waals surface area contributed by atoms with Gasteiger partial charge in [0.2, 0.25) is 0 Å². The molecule has 1 aromatic carbocycles. The highest BCUT2D eigenvalue weighted by atomic mass is 19.1. The van der Waals surface area contributed by atoms with Crippen molar-refractivity contribution >= 4 is 11.6 Å². The van der Waals surface area contributed by atoms with Gasteiger partial charge < -0.3 is 9.73 Å². The van der Waals surface area contributed by atoms with E-state index in [-0.39, 0.29) is 11.7 Å². The summed E-state index contributed by atoms with van der Waals surface area (Å²) in [7, 11) is 0. The summed E-state index contributed by atoms with van der Waals surface area (Å²) in [5.74, 6) is 0.517. The van der Waals surface area contributed by atoms with Gasteiger partial charge in [-0.25, -0.2) is 4.39 Å². The van der Waals surface area contributed by atoms with E-state index in [2.05, 4.69) is 40.3 Å². The van der Waals surface area contributed by atoms with E-state index < -0.39 is 0 Å². The lowest BCUT2D eigenvalue weighted by molar-refractivity contribution is 0.268. The molecule has 0 fully saturated rings. The third kappa shape index (κ3) is 4.25. The topological polar surface area (TPSA) is 54.2 Å². The third-order valence-corrected chi connectivity index (χ3v) is 4.24. The van der Waals surface area contributed by atoms with E-state index in [1.165, 1.54) is 5.57 Å². The molecular formula is C19H25FN4O. The zero-order valence-electron chi connectivity index (χ0n) is 15.1. The Kier molecular flexibility index (Phi) is 5.48. The molecule has 134 valence electrons. The SMILES string of the molecule is CCNc1nnc(-c2ccc(C3=CCN(CC(C)C)CC3)cc2F)o1. The molecule has 0 bridgehead atoms. The molecule has 5 nitrogen and oxygen atoms in total. The van der Waals surface area contributed by atoms with Gasteiger partial charge in [0.1, 0.15) is 5.82 Å². The predicted molar refractivity (Wildman–Crippen MR) is 97.7 cm³/mol. The molecule has 0 radical (unpaired) electrons. The number of hydrogen-bond acceptors (Lipinski definition) is 5. The second kappa shape index (κ2) is 7.78. The van der Waals surface area contributed by atoms with Crippen molar-refractivity contribution in [2.45, 2.75) is 27.2 Å². The van der Waals surface area contributed by atoms with Gasteiger partial charge in [0.15, 0.2) is 0 Å². The molecule has 1 N–H and O–H groups in total. The summed E-state index contributed by atoms with van der Waals surface area (Å²) >= 11 is 0. The number of hydrogen-bond donors (Lipinski definition) is 1. The van der Waals surface area contributed by atoms with Crippen LogP contribution in [0.25, 0.3) is 17.0 Å². The minimum atomic E-state index is -0.338. The summed E-state index contributed by atoms with van der Waals surface area (Å²) in [4.78, 5) is 2.43. The van der Waals surface area contributed by atoms with Gasteiger partial charge in [-0.3, -0.25) is 4.90 Å². The minimum absolute atomic E-state index is 0.195. The van der Waals surface area contributed by atoms with E-state index >= 15 is 0 Å². The maximum absolute atomic E-state index is 14.5. The Morgan fingerprint density at radius 2 is 2.16 bits per heavy atom. The summed E-state index contributed by atoms with van der Waals surface area (Å²) in [6.07, 6.45) is 3.15. The van der Waals surface area contributed by atoms with Crippen molar-refractivity contribution in [3.63, 3.8) is 0 Å². The van der Waals surface area contributed by atoms with Crippen LogP contribution in [0.3, 0.4) is 0 Å². The number of nitrogens with zero attached hydrogens (tertiary/aromatic N) is 3. The van der Waals surface area contributed by atoms with Crippen LogP contribution < -0.4 is 5.32 Å². The highest BCUT2D eigenvalue weighted by Crippen LogP contribution is 2.28. The van der Waals surface area contributed by atoms with Crippen molar-refractivity contribution in [3.05, 3.63) is 35.7 Å². The highest BCUT2D eigenvalue weighted by Gasteiger charge is 2.17. The number of aromatic nitrogens is 2. The number of nitrogens with one attached hydrogen (secondary N) is 1. The molecule has 2 heterocycles. The second-order valence-corrected chi connectivity index (χ2v) is 6.77. The Balaban J connectivity index is 1.74. The fraction of sp³-hybridized carbons (Fsp3) is 0.474. The van der Waals surface area contributed by atoms with Crippen molar-refractivity contribution in [2.75, 3.05) is 31.5 Å². The van der Waals surface area contributed by atoms with Gasteiger partial charge >= 0.3 is 6.01 Å². The van der Waals surface area contributed by atoms with Crippen LogP contribution >= 0.6 is 0 Å². The normalized spacial score (nSPS) is 15.5.